The van der Waals surface area contributed by atoms with Gasteiger partial charge in [-0.15, -0.1) is 0 Å². The molecule has 0 radical (unpaired) electrons. The minimum atomic E-state index is -0.0146. The van der Waals surface area contributed by atoms with Crippen molar-refractivity contribution in [2.75, 3.05) is 0 Å². The van der Waals surface area contributed by atoms with Crippen LogP contribution in [-0.2, 0) is 11.2 Å². The SMILES string of the molecule is CC(NC(=O)C1CCCc2ccccc21)c1ccncc1. The Morgan fingerprint density at radius 2 is 2.00 bits per heavy atom. The molecule has 0 bridgehead atoms. The van der Waals surface area contributed by atoms with Crippen molar-refractivity contribution in [3.8, 4) is 0 Å². The molecular formula is C18H20N2O. The Morgan fingerprint density at radius 1 is 1.24 bits per heavy atom. The number of rotatable bonds is 3. The van der Waals surface area contributed by atoms with E-state index in [9.17, 15) is 4.79 Å². The van der Waals surface area contributed by atoms with Crippen LogP contribution in [-0.4, -0.2) is 10.9 Å². The fourth-order valence-corrected chi connectivity index (χ4v) is 3.08. The highest BCUT2D eigenvalue weighted by Gasteiger charge is 2.26. The fraction of sp³-hybridized carbons (Fsp3) is 0.333. The second-order valence-electron chi connectivity index (χ2n) is 5.65. The normalized spacial score (nSPS) is 18.6. The molecule has 3 rings (SSSR count). The van der Waals surface area contributed by atoms with Gasteiger partial charge in [0.2, 0.25) is 5.91 Å². The predicted molar refractivity (Wildman–Crippen MR) is 82.9 cm³/mol. The third-order valence-corrected chi connectivity index (χ3v) is 4.25. The standard InChI is InChI=1S/C18H20N2O/c1-13(14-9-11-19-12-10-14)20-18(21)17-8-4-6-15-5-2-3-7-16(15)17/h2-3,5,7,9-13,17H,4,6,8H2,1H3,(H,20,21). The minimum Gasteiger partial charge on any atom is -0.349 e. The zero-order valence-electron chi connectivity index (χ0n) is 12.3. The highest BCUT2D eigenvalue weighted by atomic mass is 16.1. The van der Waals surface area contributed by atoms with Crippen LogP contribution in [0.5, 0.6) is 0 Å². The lowest BCUT2D eigenvalue weighted by Gasteiger charge is -2.26. The molecule has 1 aromatic carbocycles. The molecule has 1 aromatic heterocycles. The van der Waals surface area contributed by atoms with Crippen molar-refractivity contribution in [2.24, 2.45) is 0 Å². The lowest BCUT2D eigenvalue weighted by molar-refractivity contribution is -0.123. The van der Waals surface area contributed by atoms with Gasteiger partial charge >= 0.3 is 0 Å². The van der Waals surface area contributed by atoms with Crippen LogP contribution < -0.4 is 5.32 Å². The number of nitrogens with zero attached hydrogens (tertiary/aromatic N) is 1. The molecule has 1 aliphatic carbocycles. The number of pyridine rings is 1. The quantitative estimate of drug-likeness (QED) is 0.936. The summed E-state index contributed by atoms with van der Waals surface area (Å²) in [5.41, 5.74) is 3.60. The molecule has 2 unspecified atom stereocenters. The Hall–Kier alpha value is -2.16. The van der Waals surface area contributed by atoms with E-state index in [4.69, 9.17) is 0 Å². The van der Waals surface area contributed by atoms with Crippen LogP contribution in [0.25, 0.3) is 0 Å². The first-order valence-electron chi connectivity index (χ1n) is 7.54. The van der Waals surface area contributed by atoms with Crippen molar-refractivity contribution in [3.63, 3.8) is 0 Å². The Balaban J connectivity index is 1.75. The highest BCUT2D eigenvalue weighted by molar-refractivity contribution is 5.84. The number of aromatic nitrogens is 1. The van der Waals surface area contributed by atoms with Crippen molar-refractivity contribution in [3.05, 3.63) is 65.5 Å². The molecule has 0 saturated heterocycles. The predicted octanol–water partition coefficient (Wildman–Crippen LogP) is 3.38. The molecule has 2 atom stereocenters. The number of fused-ring (bicyclic) bond motifs is 1. The zero-order valence-corrected chi connectivity index (χ0v) is 12.3. The van der Waals surface area contributed by atoms with Crippen LogP contribution in [0.4, 0.5) is 0 Å². The molecule has 0 aliphatic heterocycles. The van der Waals surface area contributed by atoms with E-state index in [1.165, 1.54) is 11.1 Å². The van der Waals surface area contributed by atoms with Gasteiger partial charge < -0.3 is 5.32 Å². The first-order chi connectivity index (χ1) is 10.3. The van der Waals surface area contributed by atoms with E-state index in [1.807, 2.05) is 25.1 Å². The maximum Gasteiger partial charge on any atom is 0.228 e. The fourth-order valence-electron chi connectivity index (χ4n) is 3.08. The number of carbonyl (C=O) groups excluding carboxylic acids is 1. The molecule has 3 nitrogen and oxygen atoms in total. The molecule has 108 valence electrons. The van der Waals surface area contributed by atoms with Gasteiger partial charge in [-0.2, -0.15) is 0 Å². The first kappa shape index (κ1) is 13.8. The van der Waals surface area contributed by atoms with Crippen molar-refractivity contribution in [1.82, 2.24) is 10.3 Å². The summed E-state index contributed by atoms with van der Waals surface area (Å²) in [6.07, 6.45) is 6.62. The topological polar surface area (TPSA) is 42.0 Å². The average molecular weight is 280 g/mol. The maximum absolute atomic E-state index is 12.6. The second kappa shape index (κ2) is 6.08. The summed E-state index contributed by atoms with van der Waals surface area (Å²) in [5, 5.41) is 3.14. The van der Waals surface area contributed by atoms with Crippen LogP contribution in [0.2, 0.25) is 0 Å². The van der Waals surface area contributed by atoms with Crippen LogP contribution in [0.3, 0.4) is 0 Å². The molecule has 0 fully saturated rings. The summed E-state index contributed by atoms with van der Waals surface area (Å²) in [5.74, 6) is 0.116. The van der Waals surface area contributed by atoms with Gasteiger partial charge in [0.15, 0.2) is 0 Å². The minimum absolute atomic E-state index is 0.00888. The molecular weight excluding hydrogens is 260 g/mol. The summed E-state index contributed by atoms with van der Waals surface area (Å²) in [4.78, 5) is 16.6. The largest absolute Gasteiger partial charge is 0.349 e. The Kier molecular flexibility index (Phi) is 4.00. The summed E-state index contributed by atoms with van der Waals surface area (Å²) < 4.78 is 0. The highest BCUT2D eigenvalue weighted by Crippen LogP contribution is 2.32. The second-order valence-corrected chi connectivity index (χ2v) is 5.65. The number of amides is 1. The van der Waals surface area contributed by atoms with Gasteiger partial charge in [-0.25, -0.2) is 0 Å². The number of hydrogen-bond acceptors (Lipinski definition) is 2. The maximum atomic E-state index is 12.6. The van der Waals surface area contributed by atoms with Gasteiger partial charge in [0.05, 0.1) is 12.0 Å². The van der Waals surface area contributed by atoms with E-state index >= 15 is 0 Å². The van der Waals surface area contributed by atoms with Gasteiger partial charge in [0, 0.05) is 12.4 Å². The third-order valence-electron chi connectivity index (χ3n) is 4.25. The summed E-state index contributed by atoms with van der Waals surface area (Å²) >= 11 is 0. The number of nitrogens with one attached hydrogen (secondary N) is 1. The summed E-state index contributed by atoms with van der Waals surface area (Å²) in [6, 6.07) is 12.2. The molecule has 0 spiro atoms. The van der Waals surface area contributed by atoms with E-state index in [2.05, 4.69) is 28.5 Å². The lowest BCUT2D eigenvalue weighted by Crippen LogP contribution is -2.33. The first-order valence-corrected chi connectivity index (χ1v) is 7.54. The molecule has 2 aromatic rings. The van der Waals surface area contributed by atoms with Crippen LogP contribution in [0.15, 0.2) is 48.8 Å². The Bertz CT molecular complexity index is 624. The van der Waals surface area contributed by atoms with E-state index in [0.29, 0.717) is 0 Å². The van der Waals surface area contributed by atoms with Gasteiger partial charge in [0.25, 0.3) is 0 Å². The van der Waals surface area contributed by atoms with Crippen molar-refractivity contribution in [1.29, 1.82) is 0 Å². The van der Waals surface area contributed by atoms with Crippen molar-refractivity contribution >= 4 is 5.91 Å². The summed E-state index contributed by atoms with van der Waals surface area (Å²) in [6.45, 7) is 2.02. The smallest absolute Gasteiger partial charge is 0.228 e. The third kappa shape index (κ3) is 2.97. The molecule has 0 saturated carbocycles. The van der Waals surface area contributed by atoms with Gasteiger partial charge in [-0.3, -0.25) is 9.78 Å². The van der Waals surface area contributed by atoms with E-state index in [0.717, 1.165) is 24.8 Å². The zero-order chi connectivity index (χ0) is 14.7. The number of hydrogen-bond donors (Lipinski definition) is 1. The molecule has 21 heavy (non-hydrogen) atoms. The molecule has 3 heteroatoms. The van der Waals surface area contributed by atoms with Crippen LogP contribution >= 0.6 is 0 Å². The summed E-state index contributed by atoms with van der Waals surface area (Å²) in [7, 11) is 0. The molecule has 1 amide bonds. The lowest BCUT2D eigenvalue weighted by atomic mass is 9.82. The Labute approximate surface area is 125 Å². The van der Waals surface area contributed by atoms with Crippen LogP contribution in [0, 0.1) is 0 Å². The average Bonchev–Trinajstić information content (AvgIpc) is 2.55. The van der Waals surface area contributed by atoms with Crippen molar-refractivity contribution < 1.29 is 4.79 Å². The van der Waals surface area contributed by atoms with Crippen LogP contribution in [0.1, 0.15) is 48.4 Å². The van der Waals surface area contributed by atoms with E-state index in [-0.39, 0.29) is 17.9 Å². The van der Waals surface area contributed by atoms with Crippen molar-refractivity contribution in [2.45, 2.75) is 38.1 Å². The molecule has 1 N–H and O–H groups in total. The molecule has 1 heterocycles. The monoisotopic (exact) mass is 280 g/mol. The van der Waals surface area contributed by atoms with Gasteiger partial charge in [-0.05, 0) is 55.0 Å². The number of benzene rings is 1. The van der Waals surface area contributed by atoms with Gasteiger partial charge in [0.1, 0.15) is 0 Å². The van der Waals surface area contributed by atoms with E-state index < -0.39 is 0 Å². The van der Waals surface area contributed by atoms with E-state index in [1.54, 1.807) is 12.4 Å². The number of aryl methyl sites for hydroxylation is 1. The Morgan fingerprint density at radius 3 is 2.81 bits per heavy atom. The number of carbonyl (C=O) groups is 1. The molecule has 1 aliphatic rings. The van der Waals surface area contributed by atoms with Gasteiger partial charge in [-0.1, -0.05) is 24.3 Å².